The molecule has 27 heavy (non-hydrogen) atoms. The van der Waals surface area contributed by atoms with Crippen LogP contribution in [0.2, 0.25) is 0 Å². The summed E-state index contributed by atoms with van der Waals surface area (Å²) < 4.78 is 13.0. The van der Waals surface area contributed by atoms with Gasteiger partial charge in [0, 0.05) is 23.2 Å². The molecule has 0 aliphatic carbocycles. The molecule has 0 unspecified atom stereocenters. The van der Waals surface area contributed by atoms with Crippen LogP contribution in [0.25, 0.3) is 0 Å². The average molecular weight is 382 g/mol. The summed E-state index contributed by atoms with van der Waals surface area (Å²) in [6.07, 6.45) is 3.94. The third-order valence-corrected chi connectivity index (χ3v) is 5.38. The van der Waals surface area contributed by atoms with Crippen molar-refractivity contribution in [3.63, 3.8) is 0 Å². The molecule has 1 aliphatic rings. The van der Waals surface area contributed by atoms with Gasteiger partial charge >= 0.3 is 7.48 Å². The van der Waals surface area contributed by atoms with Crippen LogP contribution >= 0.6 is 11.8 Å². The molecular weight excluding hydrogens is 362 g/mol. The highest BCUT2D eigenvalue weighted by Crippen LogP contribution is 2.22. The monoisotopic (exact) mass is 382 g/mol. The Labute approximate surface area is 162 Å². The smallest absolute Gasteiger partial charge is 0.305 e. The molecule has 0 radical (unpaired) electrons. The zero-order chi connectivity index (χ0) is 19.1. The number of benzene rings is 2. The Bertz CT molecular complexity index is 869. The Morgan fingerprint density at radius 1 is 1.19 bits per heavy atom. The number of amides is 1. The molecule has 1 aliphatic heterocycles. The maximum absolute atomic E-state index is 13.0. The summed E-state index contributed by atoms with van der Waals surface area (Å²) >= 11 is 1.63. The van der Waals surface area contributed by atoms with Gasteiger partial charge in [0.1, 0.15) is 5.82 Å². The van der Waals surface area contributed by atoms with Crippen molar-refractivity contribution in [2.24, 2.45) is 4.99 Å². The SMILES string of the molecule is O=C(Nc1ccc(F)cc1)C1=CN=C(SCc2ccccc2BO)CCC1. The second-order valence-electron chi connectivity index (χ2n) is 6.21. The lowest BCUT2D eigenvalue weighted by Crippen LogP contribution is -2.18. The summed E-state index contributed by atoms with van der Waals surface area (Å²) in [5, 5.41) is 13.2. The molecule has 0 fully saturated rings. The number of carbonyl (C=O) groups is 1. The molecule has 1 heterocycles. The van der Waals surface area contributed by atoms with Crippen molar-refractivity contribution in [2.75, 3.05) is 5.32 Å². The fraction of sp³-hybridized carbons (Fsp3) is 0.200. The molecule has 0 bridgehead atoms. The van der Waals surface area contributed by atoms with Gasteiger partial charge in [0.15, 0.2) is 0 Å². The lowest BCUT2D eigenvalue weighted by molar-refractivity contribution is -0.113. The number of halogens is 1. The maximum atomic E-state index is 13.0. The Kier molecular flexibility index (Phi) is 6.84. The van der Waals surface area contributed by atoms with Crippen LogP contribution in [0.1, 0.15) is 24.8 Å². The van der Waals surface area contributed by atoms with Gasteiger partial charge in [-0.1, -0.05) is 24.3 Å². The lowest BCUT2D eigenvalue weighted by Gasteiger charge is -2.07. The van der Waals surface area contributed by atoms with E-state index in [1.54, 1.807) is 18.0 Å². The van der Waals surface area contributed by atoms with Gasteiger partial charge in [-0.2, -0.15) is 0 Å². The molecule has 0 aromatic heterocycles. The van der Waals surface area contributed by atoms with E-state index in [1.165, 1.54) is 24.3 Å². The molecule has 2 N–H and O–H groups in total. The number of rotatable bonds is 5. The van der Waals surface area contributed by atoms with Crippen LogP contribution < -0.4 is 10.8 Å². The molecule has 0 saturated heterocycles. The highest BCUT2D eigenvalue weighted by Gasteiger charge is 2.14. The third kappa shape index (κ3) is 5.55. The molecule has 2 aromatic rings. The summed E-state index contributed by atoms with van der Waals surface area (Å²) in [5.41, 5.74) is 3.20. The molecule has 3 rings (SSSR count). The van der Waals surface area contributed by atoms with Crippen LogP contribution in [0.5, 0.6) is 0 Å². The highest BCUT2D eigenvalue weighted by atomic mass is 32.2. The molecule has 0 saturated carbocycles. The van der Waals surface area contributed by atoms with Crippen molar-refractivity contribution < 1.29 is 14.2 Å². The average Bonchev–Trinajstić information content (AvgIpc) is 2.94. The minimum absolute atomic E-state index is 0.0246. The van der Waals surface area contributed by atoms with Gasteiger partial charge in [-0.3, -0.25) is 9.79 Å². The second kappa shape index (κ2) is 9.53. The predicted octanol–water partition coefficient (Wildman–Crippen LogP) is 3.13. The first-order valence-electron chi connectivity index (χ1n) is 8.79. The number of thioether (sulfide) groups is 1. The largest absolute Gasteiger partial charge is 0.449 e. The first-order chi connectivity index (χ1) is 13.2. The summed E-state index contributed by atoms with van der Waals surface area (Å²) in [6.45, 7) is 0. The zero-order valence-corrected chi connectivity index (χ0v) is 15.6. The molecule has 4 nitrogen and oxygen atoms in total. The van der Waals surface area contributed by atoms with E-state index in [1.807, 2.05) is 24.3 Å². The zero-order valence-electron chi connectivity index (χ0n) is 14.8. The number of aliphatic imine (C=N–C) groups is 1. The van der Waals surface area contributed by atoms with Crippen LogP contribution in [0, 0.1) is 5.82 Å². The Balaban J connectivity index is 1.62. The third-order valence-electron chi connectivity index (χ3n) is 4.28. The van der Waals surface area contributed by atoms with Crippen molar-refractivity contribution in [1.82, 2.24) is 0 Å². The van der Waals surface area contributed by atoms with Gasteiger partial charge in [-0.25, -0.2) is 4.39 Å². The van der Waals surface area contributed by atoms with Gasteiger partial charge in [0.25, 0.3) is 5.91 Å². The van der Waals surface area contributed by atoms with E-state index in [2.05, 4.69) is 10.3 Å². The normalized spacial score (nSPS) is 14.0. The van der Waals surface area contributed by atoms with Crippen molar-refractivity contribution in [3.05, 3.63) is 71.7 Å². The van der Waals surface area contributed by atoms with Crippen LogP contribution in [-0.2, 0) is 10.5 Å². The van der Waals surface area contributed by atoms with Crippen LogP contribution in [0.4, 0.5) is 10.1 Å². The summed E-state index contributed by atoms with van der Waals surface area (Å²) in [7, 11) is 0.0246. The molecule has 2 aromatic carbocycles. The number of carbonyl (C=O) groups excluding carboxylic acids is 1. The number of anilines is 1. The van der Waals surface area contributed by atoms with E-state index >= 15 is 0 Å². The summed E-state index contributed by atoms with van der Waals surface area (Å²) in [6, 6.07) is 13.5. The van der Waals surface area contributed by atoms with Crippen molar-refractivity contribution >= 4 is 41.3 Å². The van der Waals surface area contributed by atoms with Gasteiger partial charge < -0.3 is 10.3 Å². The minimum atomic E-state index is -0.337. The molecule has 138 valence electrons. The fourth-order valence-electron chi connectivity index (χ4n) is 2.75. The Morgan fingerprint density at radius 2 is 1.96 bits per heavy atom. The van der Waals surface area contributed by atoms with E-state index < -0.39 is 0 Å². The number of hydrogen-bond acceptors (Lipinski definition) is 4. The summed E-state index contributed by atoms with van der Waals surface area (Å²) in [5.74, 6) is 0.193. The van der Waals surface area contributed by atoms with Crippen LogP contribution in [0.15, 0.2) is 65.3 Å². The van der Waals surface area contributed by atoms with Gasteiger partial charge in [-0.15, -0.1) is 11.8 Å². The van der Waals surface area contributed by atoms with Gasteiger partial charge in [0.05, 0.1) is 5.04 Å². The number of nitrogens with zero attached hydrogens (tertiary/aromatic N) is 1. The number of nitrogens with one attached hydrogen (secondary N) is 1. The topological polar surface area (TPSA) is 61.7 Å². The first kappa shape index (κ1) is 19.4. The molecule has 0 spiro atoms. The van der Waals surface area contributed by atoms with Crippen molar-refractivity contribution in [2.45, 2.75) is 25.0 Å². The van der Waals surface area contributed by atoms with Crippen molar-refractivity contribution in [1.29, 1.82) is 0 Å². The van der Waals surface area contributed by atoms with E-state index in [-0.39, 0.29) is 19.2 Å². The standard InChI is InChI=1S/C20H20BFN2O2S/c22-16-8-10-17(11-9-16)24-20(25)14-5-3-7-19(23-12-14)27-13-15-4-1-2-6-18(15)21-26/h1-2,4,6,8-12,21,26H,3,5,7,13H2,(H,24,25). The van der Waals surface area contributed by atoms with Crippen LogP contribution in [-0.4, -0.2) is 23.5 Å². The Hall–Kier alpha value is -2.38. The van der Waals surface area contributed by atoms with E-state index in [0.717, 1.165) is 34.7 Å². The fourth-order valence-corrected chi connectivity index (χ4v) is 3.77. The lowest BCUT2D eigenvalue weighted by atomic mass is 9.85. The molecular formula is C20H20BFN2O2S. The van der Waals surface area contributed by atoms with Crippen LogP contribution in [0.3, 0.4) is 0 Å². The molecule has 7 heteroatoms. The van der Waals surface area contributed by atoms with E-state index in [0.29, 0.717) is 17.7 Å². The Morgan fingerprint density at radius 3 is 2.74 bits per heavy atom. The van der Waals surface area contributed by atoms with E-state index in [4.69, 9.17) is 0 Å². The van der Waals surface area contributed by atoms with E-state index in [9.17, 15) is 14.2 Å². The maximum Gasteiger partial charge on any atom is 0.305 e. The minimum Gasteiger partial charge on any atom is -0.449 e. The highest BCUT2D eigenvalue weighted by molar-refractivity contribution is 8.13. The quantitative estimate of drug-likeness (QED) is 0.782. The summed E-state index contributed by atoms with van der Waals surface area (Å²) in [4.78, 5) is 16.9. The van der Waals surface area contributed by atoms with Gasteiger partial charge in [0.2, 0.25) is 0 Å². The first-order valence-corrected chi connectivity index (χ1v) is 9.77. The second-order valence-corrected chi connectivity index (χ2v) is 7.26. The number of hydrogen-bond donors (Lipinski definition) is 2. The van der Waals surface area contributed by atoms with Gasteiger partial charge in [-0.05, 0) is 54.6 Å². The predicted molar refractivity (Wildman–Crippen MR) is 111 cm³/mol. The molecule has 1 amide bonds. The van der Waals surface area contributed by atoms with Crippen molar-refractivity contribution in [3.8, 4) is 0 Å². The molecule has 0 atom stereocenters.